The fourth-order valence-corrected chi connectivity index (χ4v) is 3.22. The molecule has 2 rings (SSSR count). The van der Waals surface area contributed by atoms with Crippen LogP contribution in [0.15, 0.2) is 10.8 Å². The monoisotopic (exact) mass is 267 g/mol. The van der Waals surface area contributed by atoms with Gasteiger partial charge in [-0.3, -0.25) is 0 Å². The summed E-state index contributed by atoms with van der Waals surface area (Å²) in [6, 6.07) is 0.288. The van der Waals surface area contributed by atoms with Crippen molar-refractivity contribution in [1.29, 1.82) is 0 Å². The van der Waals surface area contributed by atoms with Crippen LogP contribution in [-0.2, 0) is 6.42 Å². The Morgan fingerprint density at radius 3 is 2.59 bits per heavy atom. The number of rotatable bonds is 5. The summed E-state index contributed by atoms with van der Waals surface area (Å²) in [5, 5.41) is 10.0. The standard InChI is InChI=1S/C12H17N3S2/c1-4-13-10(11-7-16-9(3)15-11)5-12-14-8(2)6-17-12/h6-7,10,13H,4-5H2,1-3H3. The van der Waals surface area contributed by atoms with Gasteiger partial charge in [0.15, 0.2) is 0 Å². The number of nitrogens with one attached hydrogen (secondary N) is 1. The van der Waals surface area contributed by atoms with Crippen molar-refractivity contribution in [3.63, 3.8) is 0 Å². The summed E-state index contributed by atoms with van der Waals surface area (Å²) in [6.07, 6.45) is 0.926. The minimum absolute atomic E-state index is 0.288. The second kappa shape index (κ2) is 5.71. The smallest absolute Gasteiger partial charge is 0.0947 e. The van der Waals surface area contributed by atoms with E-state index < -0.39 is 0 Å². The molecule has 0 fully saturated rings. The molecule has 2 heterocycles. The van der Waals surface area contributed by atoms with E-state index in [1.54, 1.807) is 22.7 Å². The van der Waals surface area contributed by atoms with Gasteiger partial charge >= 0.3 is 0 Å². The van der Waals surface area contributed by atoms with Crippen molar-refractivity contribution in [3.05, 3.63) is 32.2 Å². The second-order valence-electron chi connectivity index (χ2n) is 3.99. The minimum atomic E-state index is 0.288. The first-order valence-corrected chi connectivity index (χ1v) is 7.51. The fraction of sp³-hybridized carbons (Fsp3) is 0.500. The number of hydrogen-bond acceptors (Lipinski definition) is 5. The maximum absolute atomic E-state index is 4.57. The zero-order chi connectivity index (χ0) is 12.3. The Bertz CT molecular complexity index is 476. The van der Waals surface area contributed by atoms with Gasteiger partial charge in [-0.1, -0.05) is 6.92 Å². The molecule has 2 aromatic rings. The highest BCUT2D eigenvalue weighted by atomic mass is 32.1. The van der Waals surface area contributed by atoms with Crippen molar-refractivity contribution in [1.82, 2.24) is 15.3 Å². The summed E-state index contributed by atoms with van der Waals surface area (Å²) in [6.45, 7) is 7.16. The number of likely N-dealkylation sites (N-methyl/N-ethyl adjacent to an activating group) is 1. The largest absolute Gasteiger partial charge is 0.309 e. The average molecular weight is 267 g/mol. The molecule has 2 aromatic heterocycles. The molecule has 0 spiro atoms. The predicted molar refractivity (Wildman–Crippen MR) is 73.8 cm³/mol. The van der Waals surface area contributed by atoms with Gasteiger partial charge in [-0.25, -0.2) is 9.97 Å². The number of nitrogens with zero attached hydrogens (tertiary/aromatic N) is 2. The van der Waals surface area contributed by atoms with Gasteiger partial charge in [0.05, 0.1) is 21.8 Å². The quantitative estimate of drug-likeness (QED) is 0.904. The molecule has 0 aliphatic carbocycles. The first-order chi connectivity index (χ1) is 8.19. The van der Waals surface area contributed by atoms with Crippen LogP contribution in [0.4, 0.5) is 0 Å². The van der Waals surface area contributed by atoms with Crippen LogP contribution in [0.1, 0.15) is 34.4 Å². The predicted octanol–water partition coefficient (Wildman–Crippen LogP) is 3.11. The van der Waals surface area contributed by atoms with Gasteiger partial charge in [-0.05, 0) is 20.4 Å². The normalized spacial score (nSPS) is 12.9. The van der Waals surface area contributed by atoms with E-state index in [-0.39, 0.29) is 6.04 Å². The van der Waals surface area contributed by atoms with E-state index in [0.29, 0.717) is 0 Å². The molecule has 0 aliphatic heterocycles. The average Bonchev–Trinajstić information content (AvgIpc) is 2.87. The third-order valence-corrected chi connectivity index (χ3v) is 4.27. The van der Waals surface area contributed by atoms with Crippen molar-refractivity contribution >= 4 is 22.7 Å². The van der Waals surface area contributed by atoms with E-state index >= 15 is 0 Å². The summed E-state index contributed by atoms with van der Waals surface area (Å²) in [7, 11) is 0. The lowest BCUT2D eigenvalue weighted by Gasteiger charge is -2.14. The van der Waals surface area contributed by atoms with E-state index in [4.69, 9.17) is 0 Å². The Morgan fingerprint density at radius 1 is 1.24 bits per heavy atom. The van der Waals surface area contributed by atoms with Crippen LogP contribution in [0, 0.1) is 13.8 Å². The summed E-state index contributed by atoms with van der Waals surface area (Å²) in [5.74, 6) is 0. The van der Waals surface area contributed by atoms with Gasteiger partial charge in [0, 0.05) is 22.9 Å². The Kier molecular flexibility index (Phi) is 4.25. The van der Waals surface area contributed by atoms with Gasteiger partial charge < -0.3 is 5.32 Å². The molecule has 0 bridgehead atoms. The molecular weight excluding hydrogens is 250 g/mol. The van der Waals surface area contributed by atoms with Crippen molar-refractivity contribution in [2.24, 2.45) is 0 Å². The van der Waals surface area contributed by atoms with Gasteiger partial charge in [0.1, 0.15) is 0 Å². The van der Waals surface area contributed by atoms with Gasteiger partial charge in [-0.15, -0.1) is 22.7 Å². The lowest BCUT2D eigenvalue weighted by Crippen LogP contribution is -2.23. The molecule has 0 saturated heterocycles. The topological polar surface area (TPSA) is 37.8 Å². The highest BCUT2D eigenvalue weighted by Gasteiger charge is 2.15. The van der Waals surface area contributed by atoms with Gasteiger partial charge in [0.2, 0.25) is 0 Å². The summed E-state index contributed by atoms with van der Waals surface area (Å²) in [4.78, 5) is 9.08. The number of aryl methyl sites for hydroxylation is 2. The van der Waals surface area contributed by atoms with Crippen LogP contribution >= 0.6 is 22.7 Å². The molecule has 0 aliphatic rings. The van der Waals surface area contributed by atoms with E-state index in [1.165, 1.54) is 5.01 Å². The van der Waals surface area contributed by atoms with Crippen LogP contribution in [0.3, 0.4) is 0 Å². The fourth-order valence-electron chi connectivity index (χ4n) is 1.74. The maximum atomic E-state index is 4.57. The Hall–Kier alpha value is -0.780. The Balaban J connectivity index is 2.12. The summed E-state index contributed by atoms with van der Waals surface area (Å²) in [5.41, 5.74) is 2.25. The molecule has 0 amide bonds. The second-order valence-corrected chi connectivity index (χ2v) is 5.99. The van der Waals surface area contributed by atoms with Crippen molar-refractivity contribution < 1.29 is 0 Å². The molecule has 92 valence electrons. The van der Waals surface area contributed by atoms with Crippen LogP contribution in [-0.4, -0.2) is 16.5 Å². The molecule has 5 heteroatoms. The van der Waals surface area contributed by atoms with Gasteiger partial charge in [-0.2, -0.15) is 0 Å². The van der Waals surface area contributed by atoms with Crippen LogP contribution in [0.5, 0.6) is 0 Å². The Labute approximate surface area is 110 Å². The minimum Gasteiger partial charge on any atom is -0.309 e. The van der Waals surface area contributed by atoms with Crippen molar-refractivity contribution in [2.45, 2.75) is 33.2 Å². The third-order valence-electron chi connectivity index (χ3n) is 2.49. The van der Waals surface area contributed by atoms with Crippen molar-refractivity contribution in [2.75, 3.05) is 6.54 Å². The number of thiazole rings is 2. The highest BCUT2D eigenvalue weighted by molar-refractivity contribution is 7.10. The summed E-state index contributed by atoms with van der Waals surface area (Å²) < 4.78 is 0. The molecule has 0 radical (unpaired) electrons. The maximum Gasteiger partial charge on any atom is 0.0947 e. The van der Waals surface area contributed by atoms with E-state index in [9.17, 15) is 0 Å². The van der Waals surface area contributed by atoms with Crippen LogP contribution in [0.25, 0.3) is 0 Å². The number of aromatic nitrogens is 2. The van der Waals surface area contributed by atoms with Gasteiger partial charge in [0.25, 0.3) is 0 Å². The van der Waals surface area contributed by atoms with Crippen LogP contribution in [0.2, 0.25) is 0 Å². The SMILES string of the molecule is CCNC(Cc1nc(C)cs1)c1csc(C)n1. The van der Waals surface area contributed by atoms with Crippen LogP contribution < -0.4 is 5.32 Å². The molecule has 1 atom stereocenters. The Morgan fingerprint density at radius 2 is 2.06 bits per heavy atom. The third kappa shape index (κ3) is 3.34. The van der Waals surface area contributed by atoms with E-state index in [2.05, 4.69) is 33.0 Å². The molecular formula is C12H17N3S2. The first-order valence-electron chi connectivity index (χ1n) is 5.75. The van der Waals surface area contributed by atoms with E-state index in [1.807, 2.05) is 13.8 Å². The molecule has 17 heavy (non-hydrogen) atoms. The number of hydrogen-bond donors (Lipinski definition) is 1. The molecule has 0 aromatic carbocycles. The highest BCUT2D eigenvalue weighted by Crippen LogP contribution is 2.22. The van der Waals surface area contributed by atoms with Crippen molar-refractivity contribution in [3.8, 4) is 0 Å². The molecule has 3 nitrogen and oxygen atoms in total. The molecule has 1 N–H and O–H groups in total. The lowest BCUT2D eigenvalue weighted by atomic mass is 10.1. The molecule has 1 unspecified atom stereocenters. The first kappa shape index (κ1) is 12.7. The zero-order valence-corrected chi connectivity index (χ0v) is 12.0. The zero-order valence-electron chi connectivity index (χ0n) is 10.4. The summed E-state index contributed by atoms with van der Waals surface area (Å²) >= 11 is 3.44. The molecule has 0 saturated carbocycles. The van der Waals surface area contributed by atoms with E-state index in [0.717, 1.165) is 29.4 Å². The lowest BCUT2D eigenvalue weighted by molar-refractivity contribution is 0.537.